The third kappa shape index (κ3) is 8.77. The van der Waals surface area contributed by atoms with E-state index in [0.29, 0.717) is 30.7 Å². The average molecular weight is 496 g/mol. The van der Waals surface area contributed by atoms with Gasteiger partial charge in [-0.1, -0.05) is 44.2 Å². The van der Waals surface area contributed by atoms with Crippen molar-refractivity contribution in [2.45, 2.75) is 72.1 Å². The molecule has 0 unspecified atom stereocenters. The quantitative estimate of drug-likeness (QED) is 0.442. The number of nitrogens with one attached hydrogen (secondary N) is 1. The molecule has 0 spiro atoms. The maximum atomic E-state index is 12.5. The van der Waals surface area contributed by atoms with E-state index in [9.17, 15) is 9.59 Å². The predicted octanol–water partition coefficient (Wildman–Crippen LogP) is 6.69. The Hall–Kier alpha value is -3.22. The summed E-state index contributed by atoms with van der Waals surface area (Å²) in [4.78, 5) is 29.0. The van der Waals surface area contributed by atoms with Crippen molar-refractivity contribution in [2.75, 3.05) is 29.9 Å². The van der Waals surface area contributed by atoms with E-state index < -0.39 is 11.7 Å². The van der Waals surface area contributed by atoms with Gasteiger partial charge in [0.1, 0.15) is 12.2 Å². The molecular weight excluding hydrogens is 454 g/mol. The van der Waals surface area contributed by atoms with Crippen LogP contribution in [0.15, 0.2) is 54.6 Å². The topological polar surface area (TPSA) is 71.1 Å². The van der Waals surface area contributed by atoms with Gasteiger partial charge in [0.2, 0.25) is 0 Å². The van der Waals surface area contributed by atoms with Gasteiger partial charge in [-0.05, 0) is 75.8 Å². The number of anilines is 2. The summed E-state index contributed by atoms with van der Waals surface area (Å²) in [5, 5.41) is 2.81. The number of hydrogen-bond acceptors (Lipinski definition) is 5. The molecular formula is C29H41N3O4. The van der Waals surface area contributed by atoms with E-state index in [-0.39, 0.29) is 12.7 Å². The molecule has 7 heteroatoms. The van der Waals surface area contributed by atoms with Crippen molar-refractivity contribution in [1.29, 1.82) is 0 Å². The molecule has 1 fully saturated rings. The summed E-state index contributed by atoms with van der Waals surface area (Å²) in [5.41, 5.74) is 2.28. The van der Waals surface area contributed by atoms with Gasteiger partial charge in [0.15, 0.2) is 0 Å². The minimum Gasteiger partial charge on any atom is -0.444 e. The first-order valence-corrected chi connectivity index (χ1v) is 12.9. The van der Waals surface area contributed by atoms with E-state index >= 15 is 0 Å². The Morgan fingerprint density at radius 1 is 1.03 bits per heavy atom. The van der Waals surface area contributed by atoms with Crippen molar-refractivity contribution in [3.63, 3.8) is 0 Å². The summed E-state index contributed by atoms with van der Waals surface area (Å²) in [6, 6.07) is 17.9. The van der Waals surface area contributed by atoms with Crippen LogP contribution in [0, 0.1) is 5.92 Å². The Morgan fingerprint density at radius 2 is 1.67 bits per heavy atom. The molecule has 1 saturated heterocycles. The van der Waals surface area contributed by atoms with Crippen LogP contribution in [0.2, 0.25) is 0 Å². The number of hydrogen-bond donors (Lipinski definition) is 1. The smallest absolute Gasteiger partial charge is 0.411 e. The number of amides is 2. The van der Waals surface area contributed by atoms with Crippen LogP contribution < -0.4 is 10.2 Å². The third-order valence-electron chi connectivity index (χ3n) is 6.16. The number of likely N-dealkylation sites (tertiary alicyclic amines) is 1. The highest BCUT2D eigenvalue weighted by Crippen LogP contribution is 2.27. The number of ether oxygens (including phenoxy) is 2. The number of carbonyl (C=O) groups is 2. The zero-order valence-electron chi connectivity index (χ0n) is 22.3. The maximum absolute atomic E-state index is 12.5. The lowest BCUT2D eigenvalue weighted by Gasteiger charge is -2.40. The van der Waals surface area contributed by atoms with Crippen LogP contribution in [0.3, 0.4) is 0 Å². The second-order valence-corrected chi connectivity index (χ2v) is 10.8. The Labute approximate surface area is 215 Å². The molecule has 2 aromatic carbocycles. The molecule has 2 aromatic rings. The zero-order chi connectivity index (χ0) is 26.1. The molecule has 0 aliphatic carbocycles. The summed E-state index contributed by atoms with van der Waals surface area (Å²) in [5.74, 6) is 0.592. The van der Waals surface area contributed by atoms with Crippen LogP contribution in [0.1, 0.15) is 59.4 Å². The van der Waals surface area contributed by atoms with Gasteiger partial charge in [-0.3, -0.25) is 5.32 Å². The standard InChI is InChI=1S/C29H41N3O4/c1-22(2)15-20-32(26-16-18-31(19-17-26)28(34)36-29(3,4)5)25-13-11-24(12-14-25)30-27(33)35-21-23-9-7-6-8-10-23/h6-14,22,26H,15-21H2,1-5H3,(H,30,33). The fourth-order valence-electron chi connectivity index (χ4n) is 4.22. The van der Waals surface area contributed by atoms with E-state index in [0.717, 1.165) is 37.1 Å². The van der Waals surface area contributed by atoms with Crippen molar-refractivity contribution in [1.82, 2.24) is 4.90 Å². The first kappa shape index (κ1) is 27.4. The van der Waals surface area contributed by atoms with E-state index in [2.05, 4.69) is 24.1 Å². The van der Waals surface area contributed by atoms with Crippen molar-refractivity contribution in [3.05, 3.63) is 60.2 Å². The van der Waals surface area contributed by atoms with Crippen LogP contribution in [0.25, 0.3) is 0 Å². The molecule has 7 nitrogen and oxygen atoms in total. The molecule has 3 rings (SSSR count). The molecule has 0 aromatic heterocycles. The van der Waals surface area contributed by atoms with Gasteiger partial charge in [-0.2, -0.15) is 0 Å². The summed E-state index contributed by atoms with van der Waals surface area (Å²) in [6.07, 6.45) is 2.16. The van der Waals surface area contributed by atoms with Crippen molar-refractivity contribution in [3.8, 4) is 0 Å². The fourth-order valence-corrected chi connectivity index (χ4v) is 4.22. The molecule has 0 radical (unpaired) electrons. The lowest BCUT2D eigenvalue weighted by atomic mass is 10.0. The first-order chi connectivity index (χ1) is 17.1. The van der Waals surface area contributed by atoms with Gasteiger partial charge in [0.25, 0.3) is 0 Å². The molecule has 1 N–H and O–H groups in total. The molecule has 0 saturated carbocycles. The normalized spacial score (nSPS) is 14.4. The van der Waals surface area contributed by atoms with Gasteiger partial charge in [-0.25, -0.2) is 9.59 Å². The van der Waals surface area contributed by atoms with Crippen LogP contribution >= 0.6 is 0 Å². The highest BCUT2D eigenvalue weighted by atomic mass is 16.6. The monoisotopic (exact) mass is 495 g/mol. The van der Waals surface area contributed by atoms with Gasteiger partial charge in [0.05, 0.1) is 0 Å². The van der Waals surface area contributed by atoms with Crippen molar-refractivity contribution in [2.24, 2.45) is 5.92 Å². The second kappa shape index (κ2) is 12.7. The highest BCUT2D eigenvalue weighted by Gasteiger charge is 2.29. The van der Waals surface area contributed by atoms with Crippen LogP contribution in [0.5, 0.6) is 0 Å². The molecule has 2 amide bonds. The molecule has 196 valence electrons. The van der Waals surface area contributed by atoms with Crippen LogP contribution in [0.4, 0.5) is 21.0 Å². The maximum Gasteiger partial charge on any atom is 0.411 e. The molecule has 0 atom stereocenters. The Kier molecular flexibility index (Phi) is 9.62. The van der Waals surface area contributed by atoms with E-state index in [1.54, 1.807) is 0 Å². The Bertz CT molecular complexity index is 962. The minimum atomic E-state index is -0.485. The first-order valence-electron chi connectivity index (χ1n) is 12.9. The van der Waals surface area contributed by atoms with Gasteiger partial charge >= 0.3 is 12.2 Å². The zero-order valence-corrected chi connectivity index (χ0v) is 22.3. The van der Waals surface area contributed by atoms with E-state index in [1.807, 2.05) is 80.3 Å². The lowest BCUT2D eigenvalue weighted by molar-refractivity contribution is 0.0204. The molecule has 0 bridgehead atoms. The van der Waals surface area contributed by atoms with Gasteiger partial charge in [-0.15, -0.1) is 0 Å². The van der Waals surface area contributed by atoms with Crippen molar-refractivity contribution >= 4 is 23.6 Å². The van der Waals surface area contributed by atoms with E-state index in [1.165, 1.54) is 0 Å². The second-order valence-electron chi connectivity index (χ2n) is 10.8. The van der Waals surface area contributed by atoms with Crippen molar-refractivity contribution < 1.29 is 19.1 Å². The fraction of sp³-hybridized carbons (Fsp3) is 0.517. The SMILES string of the molecule is CC(C)CCN(c1ccc(NC(=O)OCc2ccccc2)cc1)C1CCN(C(=O)OC(C)(C)C)CC1. The molecule has 36 heavy (non-hydrogen) atoms. The third-order valence-corrected chi connectivity index (χ3v) is 6.16. The number of benzene rings is 2. The largest absolute Gasteiger partial charge is 0.444 e. The molecule has 1 aliphatic heterocycles. The number of nitrogens with zero attached hydrogens (tertiary/aromatic N) is 2. The summed E-state index contributed by atoms with van der Waals surface area (Å²) < 4.78 is 10.9. The average Bonchev–Trinajstić information content (AvgIpc) is 2.83. The molecule has 1 heterocycles. The number of piperidine rings is 1. The minimum absolute atomic E-state index is 0.232. The lowest BCUT2D eigenvalue weighted by Crippen LogP contribution is -2.48. The number of rotatable bonds is 8. The summed E-state index contributed by atoms with van der Waals surface area (Å²) >= 11 is 0. The van der Waals surface area contributed by atoms with Gasteiger partial charge < -0.3 is 19.3 Å². The summed E-state index contributed by atoms with van der Waals surface area (Å²) in [6.45, 7) is 12.7. The molecule has 1 aliphatic rings. The van der Waals surface area contributed by atoms with E-state index in [4.69, 9.17) is 9.47 Å². The Balaban J connectivity index is 1.58. The number of carbonyl (C=O) groups excluding carboxylic acids is 2. The van der Waals surface area contributed by atoms with Gasteiger partial charge in [0, 0.05) is 37.1 Å². The van der Waals surface area contributed by atoms with Crippen LogP contribution in [-0.4, -0.2) is 48.4 Å². The summed E-state index contributed by atoms with van der Waals surface area (Å²) in [7, 11) is 0. The van der Waals surface area contributed by atoms with Crippen LogP contribution in [-0.2, 0) is 16.1 Å². The highest BCUT2D eigenvalue weighted by molar-refractivity contribution is 5.84. The predicted molar refractivity (Wildman–Crippen MR) is 144 cm³/mol. The Morgan fingerprint density at radius 3 is 2.25 bits per heavy atom.